The van der Waals surface area contributed by atoms with Crippen LogP contribution in [-0.2, 0) is 0 Å². The normalized spacial score (nSPS) is 11.2. The largest absolute Gasteiger partial charge is 0.494 e. The highest BCUT2D eigenvalue weighted by atomic mass is 16.5. The summed E-state index contributed by atoms with van der Waals surface area (Å²) in [6.07, 6.45) is 3.30. The molecule has 110 valence electrons. The van der Waals surface area contributed by atoms with Gasteiger partial charge >= 0.3 is 0 Å². The van der Waals surface area contributed by atoms with E-state index >= 15 is 0 Å². The smallest absolute Gasteiger partial charge is 0.144 e. The van der Waals surface area contributed by atoms with E-state index in [1.54, 1.807) is 13.3 Å². The molecule has 0 aliphatic rings. The van der Waals surface area contributed by atoms with Gasteiger partial charge in [0.1, 0.15) is 23.5 Å². The molecular formula is C15H14N6O. The summed E-state index contributed by atoms with van der Waals surface area (Å²) in [6.45, 7) is 1.99. The number of nitrogens with zero attached hydrogens (tertiary/aromatic N) is 3. The van der Waals surface area contributed by atoms with E-state index in [0.717, 1.165) is 44.9 Å². The number of H-pyrrole nitrogens is 2. The molecule has 0 aliphatic carbocycles. The molecule has 4 rings (SSSR count). The fourth-order valence-corrected chi connectivity index (χ4v) is 2.54. The Morgan fingerprint density at radius 3 is 2.95 bits per heavy atom. The molecular weight excluding hydrogens is 280 g/mol. The predicted octanol–water partition coefficient (Wildman–Crippen LogP) is 2.89. The first-order valence-electron chi connectivity index (χ1n) is 6.83. The second kappa shape index (κ2) is 4.73. The van der Waals surface area contributed by atoms with E-state index in [9.17, 15) is 0 Å². The Morgan fingerprint density at radius 2 is 2.09 bits per heavy atom. The van der Waals surface area contributed by atoms with Crippen molar-refractivity contribution in [2.75, 3.05) is 12.4 Å². The second-order valence-corrected chi connectivity index (χ2v) is 5.07. The number of ether oxygens (including phenoxy) is 1. The Hall–Kier alpha value is -3.09. The van der Waals surface area contributed by atoms with Crippen molar-refractivity contribution in [1.82, 2.24) is 25.1 Å². The van der Waals surface area contributed by atoms with Crippen molar-refractivity contribution in [3.05, 3.63) is 36.4 Å². The maximum Gasteiger partial charge on any atom is 0.144 e. The van der Waals surface area contributed by atoms with Crippen molar-refractivity contribution in [2.45, 2.75) is 6.92 Å². The van der Waals surface area contributed by atoms with Crippen molar-refractivity contribution in [3.8, 4) is 5.75 Å². The maximum atomic E-state index is 5.45. The molecule has 0 atom stereocenters. The Labute approximate surface area is 125 Å². The van der Waals surface area contributed by atoms with Crippen LogP contribution < -0.4 is 10.1 Å². The Balaban J connectivity index is 1.84. The summed E-state index contributed by atoms with van der Waals surface area (Å²) < 4.78 is 5.45. The summed E-state index contributed by atoms with van der Waals surface area (Å²) in [7, 11) is 1.64. The average Bonchev–Trinajstić information content (AvgIpc) is 3.11. The van der Waals surface area contributed by atoms with E-state index in [0.29, 0.717) is 0 Å². The first-order valence-corrected chi connectivity index (χ1v) is 6.83. The molecule has 22 heavy (non-hydrogen) atoms. The fourth-order valence-electron chi connectivity index (χ4n) is 2.54. The van der Waals surface area contributed by atoms with E-state index < -0.39 is 0 Å². The zero-order chi connectivity index (χ0) is 15.1. The number of fused-ring (bicyclic) bond motifs is 2. The van der Waals surface area contributed by atoms with Crippen LogP contribution in [0.2, 0.25) is 0 Å². The Bertz CT molecular complexity index is 971. The van der Waals surface area contributed by atoms with Gasteiger partial charge in [0.15, 0.2) is 0 Å². The Kier molecular flexibility index (Phi) is 2.72. The molecule has 3 aromatic heterocycles. The maximum absolute atomic E-state index is 5.45. The fraction of sp³-hybridized carbons (Fsp3) is 0.133. The van der Waals surface area contributed by atoms with Crippen molar-refractivity contribution in [1.29, 1.82) is 0 Å². The molecule has 0 spiro atoms. The number of rotatable bonds is 3. The minimum absolute atomic E-state index is 0.718. The highest BCUT2D eigenvalue weighted by Gasteiger charge is 2.11. The zero-order valence-corrected chi connectivity index (χ0v) is 12.1. The topological polar surface area (TPSA) is 91.5 Å². The van der Waals surface area contributed by atoms with Crippen LogP contribution in [0, 0.1) is 6.92 Å². The molecule has 4 aromatic rings. The van der Waals surface area contributed by atoms with Crippen LogP contribution in [0.3, 0.4) is 0 Å². The van der Waals surface area contributed by atoms with Gasteiger partial charge in [0.2, 0.25) is 0 Å². The van der Waals surface area contributed by atoms with Crippen molar-refractivity contribution in [3.63, 3.8) is 0 Å². The molecule has 7 nitrogen and oxygen atoms in total. The van der Waals surface area contributed by atoms with E-state index in [2.05, 4.69) is 30.5 Å². The van der Waals surface area contributed by atoms with Crippen LogP contribution in [0.1, 0.15) is 5.69 Å². The number of benzene rings is 1. The number of anilines is 2. The van der Waals surface area contributed by atoms with Crippen molar-refractivity contribution >= 4 is 33.4 Å². The summed E-state index contributed by atoms with van der Waals surface area (Å²) in [6, 6.07) is 5.90. The molecule has 3 heterocycles. The average molecular weight is 294 g/mol. The number of aromatic amines is 2. The molecule has 0 unspecified atom stereocenters. The summed E-state index contributed by atoms with van der Waals surface area (Å²) in [5.74, 6) is 1.45. The van der Waals surface area contributed by atoms with Gasteiger partial charge in [-0.2, -0.15) is 5.10 Å². The van der Waals surface area contributed by atoms with Gasteiger partial charge in [0, 0.05) is 17.1 Å². The van der Waals surface area contributed by atoms with E-state index in [-0.39, 0.29) is 0 Å². The SMILES string of the molecule is COc1cc2[nH]ncc2cc1Nc1ncnc2[nH]c(C)cc12. The Morgan fingerprint density at radius 1 is 1.18 bits per heavy atom. The van der Waals surface area contributed by atoms with E-state index in [1.807, 2.05) is 25.1 Å². The molecule has 0 saturated heterocycles. The number of aromatic nitrogens is 5. The van der Waals surface area contributed by atoms with Gasteiger partial charge in [-0.05, 0) is 19.1 Å². The van der Waals surface area contributed by atoms with Crippen LogP contribution in [0.4, 0.5) is 11.5 Å². The third-order valence-electron chi connectivity index (χ3n) is 3.57. The highest BCUT2D eigenvalue weighted by molar-refractivity contribution is 5.92. The molecule has 3 N–H and O–H groups in total. The second-order valence-electron chi connectivity index (χ2n) is 5.07. The van der Waals surface area contributed by atoms with Gasteiger partial charge in [0.25, 0.3) is 0 Å². The lowest BCUT2D eigenvalue weighted by atomic mass is 10.2. The quantitative estimate of drug-likeness (QED) is 0.540. The first-order chi connectivity index (χ1) is 10.7. The number of methoxy groups -OCH3 is 1. The lowest BCUT2D eigenvalue weighted by molar-refractivity contribution is 0.417. The summed E-state index contributed by atoms with van der Waals surface area (Å²) in [4.78, 5) is 11.8. The van der Waals surface area contributed by atoms with Crippen LogP contribution >= 0.6 is 0 Å². The van der Waals surface area contributed by atoms with Crippen LogP contribution in [0.15, 0.2) is 30.7 Å². The monoisotopic (exact) mass is 294 g/mol. The van der Waals surface area contributed by atoms with Crippen LogP contribution in [0.5, 0.6) is 5.75 Å². The molecule has 0 aliphatic heterocycles. The minimum Gasteiger partial charge on any atom is -0.494 e. The lowest BCUT2D eigenvalue weighted by Crippen LogP contribution is -1.98. The lowest BCUT2D eigenvalue weighted by Gasteiger charge is -2.11. The van der Waals surface area contributed by atoms with Gasteiger partial charge in [-0.3, -0.25) is 5.10 Å². The standard InChI is InChI=1S/C15H14N6O/c1-8-3-10-14(19-8)16-7-17-15(10)20-12-4-9-6-18-21-11(9)5-13(12)22-2/h3-7H,1-2H3,(H,18,21)(H2,16,17,19,20). The van der Waals surface area contributed by atoms with Crippen molar-refractivity contribution in [2.24, 2.45) is 0 Å². The number of nitrogens with one attached hydrogen (secondary N) is 3. The summed E-state index contributed by atoms with van der Waals surface area (Å²) in [5.41, 5.74) is 3.59. The molecule has 0 fully saturated rings. The molecule has 0 amide bonds. The highest BCUT2D eigenvalue weighted by Crippen LogP contribution is 2.33. The number of aryl methyl sites for hydroxylation is 1. The van der Waals surface area contributed by atoms with Gasteiger partial charge in [-0.25, -0.2) is 9.97 Å². The van der Waals surface area contributed by atoms with Gasteiger partial charge < -0.3 is 15.0 Å². The van der Waals surface area contributed by atoms with E-state index in [1.165, 1.54) is 6.33 Å². The minimum atomic E-state index is 0.718. The zero-order valence-electron chi connectivity index (χ0n) is 12.1. The van der Waals surface area contributed by atoms with Gasteiger partial charge in [0.05, 0.1) is 29.9 Å². The van der Waals surface area contributed by atoms with Crippen LogP contribution in [0.25, 0.3) is 21.9 Å². The third-order valence-corrected chi connectivity index (χ3v) is 3.57. The van der Waals surface area contributed by atoms with Gasteiger partial charge in [-0.1, -0.05) is 0 Å². The summed E-state index contributed by atoms with van der Waals surface area (Å²) >= 11 is 0. The molecule has 7 heteroatoms. The van der Waals surface area contributed by atoms with Gasteiger partial charge in [-0.15, -0.1) is 0 Å². The van der Waals surface area contributed by atoms with Crippen molar-refractivity contribution < 1.29 is 4.74 Å². The third kappa shape index (κ3) is 1.95. The molecule has 1 aromatic carbocycles. The van der Waals surface area contributed by atoms with Crippen LogP contribution in [-0.4, -0.2) is 32.3 Å². The van der Waals surface area contributed by atoms with E-state index in [4.69, 9.17) is 4.74 Å². The summed E-state index contributed by atoms with van der Waals surface area (Å²) in [5, 5.41) is 12.2. The molecule has 0 saturated carbocycles. The first kappa shape index (κ1) is 12.6. The molecule has 0 radical (unpaired) electrons. The predicted molar refractivity (Wildman–Crippen MR) is 84.6 cm³/mol. The molecule has 0 bridgehead atoms. The number of hydrogen-bond acceptors (Lipinski definition) is 5. The number of hydrogen-bond donors (Lipinski definition) is 3.